The number of phenolic OH excluding ortho intramolecular Hbond substituents is 1. The number of carbonyl (C=O) groups excluding carboxylic acids is 1. The quantitative estimate of drug-likeness (QED) is 0.615. The number of phenols is 1. The van der Waals surface area contributed by atoms with E-state index >= 15 is 0 Å². The number of ketones is 1. The number of hydrogen-bond acceptors (Lipinski definition) is 4. The third kappa shape index (κ3) is 1.49. The van der Waals surface area contributed by atoms with Gasteiger partial charge in [0.15, 0.2) is 11.5 Å². The van der Waals surface area contributed by atoms with E-state index in [4.69, 9.17) is 4.74 Å². The van der Waals surface area contributed by atoms with Crippen LogP contribution in [0.25, 0.3) is 16.9 Å². The molecule has 1 aliphatic rings. The maximum absolute atomic E-state index is 12.4. The summed E-state index contributed by atoms with van der Waals surface area (Å²) in [5, 5.41) is 14.4. The Balaban J connectivity index is 1.97. The highest BCUT2D eigenvalue weighted by Crippen LogP contribution is 2.38. The van der Waals surface area contributed by atoms with Gasteiger partial charge in [-0.05, 0) is 30.3 Å². The third-order valence-electron chi connectivity index (χ3n) is 3.91. The van der Waals surface area contributed by atoms with Crippen molar-refractivity contribution in [3.8, 4) is 28.4 Å². The van der Waals surface area contributed by atoms with E-state index in [0.29, 0.717) is 22.8 Å². The Bertz CT molecular complexity index is 921. The zero-order valence-electron chi connectivity index (χ0n) is 12.1. The third-order valence-corrected chi connectivity index (χ3v) is 3.91. The summed E-state index contributed by atoms with van der Waals surface area (Å²) in [5.74, 6) is 0.393. The number of ether oxygens (including phenoxy) is 1. The molecule has 3 heterocycles. The lowest BCUT2D eigenvalue weighted by Gasteiger charge is -2.06. The van der Waals surface area contributed by atoms with Gasteiger partial charge < -0.3 is 14.4 Å². The second-order valence-corrected chi connectivity index (χ2v) is 5.15. The van der Waals surface area contributed by atoms with Gasteiger partial charge in [-0.1, -0.05) is 0 Å². The molecule has 1 aromatic carbocycles. The first-order valence-corrected chi connectivity index (χ1v) is 6.78. The van der Waals surface area contributed by atoms with E-state index in [1.165, 1.54) is 7.11 Å². The second kappa shape index (κ2) is 4.24. The van der Waals surface area contributed by atoms with Crippen molar-refractivity contribution in [2.24, 2.45) is 7.05 Å². The van der Waals surface area contributed by atoms with Gasteiger partial charge >= 0.3 is 0 Å². The molecule has 0 fully saturated rings. The Morgan fingerprint density at radius 3 is 2.82 bits per heavy atom. The van der Waals surface area contributed by atoms with Crippen LogP contribution in [0, 0.1) is 0 Å². The molecule has 1 aliphatic heterocycles. The maximum Gasteiger partial charge on any atom is 0.229 e. The normalized spacial score (nSPS) is 12.4. The number of carbonyl (C=O) groups is 1. The molecule has 6 heteroatoms. The molecular formula is C16H13N3O3. The predicted octanol–water partition coefficient (Wildman–Crippen LogP) is 2.14. The summed E-state index contributed by atoms with van der Waals surface area (Å²) in [6.45, 7) is 0. The number of fused-ring (bicyclic) bond motifs is 3. The standard InChI is InChI=1S/C16H13N3O3/c1-18-15-14(19-7-3-4-10(19)16(15)21)13(17-18)9-5-6-12(22-2)11(20)8-9/h3-8,20H,1-2H3. The number of methoxy groups -OCH3 is 1. The van der Waals surface area contributed by atoms with Crippen molar-refractivity contribution in [1.29, 1.82) is 0 Å². The second-order valence-electron chi connectivity index (χ2n) is 5.15. The SMILES string of the molecule is COc1ccc(-c2nn(C)c3c2-n2cccc2C3=O)cc1O. The van der Waals surface area contributed by atoms with E-state index in [0.717, 1.165) is 11.3 Å². The molecule has 0 bridgehead atoms. The minimum Gasteiger partial charge on any atom is -0.504 e. The summed E-state index contributed by atoms with van der Waals surface area (Å²) in [6, 6.07) is 8.70. The summed E-state index contributed by atoms with van der Waals surface area (Å²) in [7, 11) is 3.24. The Morgan fingerprint density at radius 1 is 1.27 bits per heavy atom. The number of nitrogens with zero attached hydrogens (tertiary/aromatic N) is 3. The molecule has 110 valence electrons. The molecule has 0 amide bonds. The lowest BCUT2D eigenvalue weighted by molar-refractivity contribution is 0.103. The zero-order valence-corrected chi connectivity index (χ0v) is 12.1. The van der Waals surface area contributed by atoms with Crippen LogP contribution in [0.2, 0.25) is 0 Å². The van der Waals surface area contributed by atoms with Gasteiger partial charge in [0.2, 0.25) is 5.78 Å². The Hall–Kier alpha value is -3.02. The fourth-order valence-electron chi connectivity index (χ4n) is 2.91. The first kappa shape index (κ1) is 12.7. The molecule has 0 spiro atoms. The minimum atomic E-state index is -0.0426. The molecule has 22 heavy (non-hydrogen) atoms. The van der Waals surface area contributed by atoms with Crippen molar-refractivity contribution in [1.82, 2.24) is 14.3 Å². The van der Waals surface area contributed by atoms with Crippen molar-refractivity contribution in [3.05, 3.63) is 47.9 Å². The fraction of sp³-hybridized carbons (Fsp3) is 0.125. The molecule has 0 saturated carbocycles. The molecule has 3 aromatic rings. The van der Waals surface area contributed by atoms with Crippen molar-refractivity contribution >= 4 is 5.78 Å². The summed E-state index contributed by atoms with van der Waals surface area (Å²) in [4.78, 5) is 12.4. The average Bonchev–Trinajstić information content (AvgIpc) is 3.15. The molecule has 0 aliphatic carbocycles. The van der Waals surface area contributed by atoms with Gasteiger partial charge in [-0.2, -0.15) is 5.10 Å². The molecule has 4 rings (SSSR count). The predicted molar refractivity (Wildman–Crippen MR) is 79.6 cm³/mol. The van der Waals surface area contributed by atoms with Crippen molar-refractivity contribution in [2.75, 3.05) is 7.11 Å². The first-order chi connectivity index (χ1) is 10.6. The number of hydrogen-bond donors (Lipinski definition) is 1. The van der Waals surface area contributed by atoms with E-state index in [1.807, 2.05) is 22.9 Å². The van der Waals surface area contributed by atoms with Crippen LogP contribution in [0.15, 0.2) is 36.5 Å². The molecular weight excluding hydrogens is 282 g/mol. The monoisotopic (exact) mass is 295 g/mol. The number of aromatic hydroxyl groups is 1. The molecule has 6 nitrogen and oxygen atoms in total. The lowest BCUT2D eigenvalue weighted by Crippen LogP contribution is -2.05. The van der Waals surface area contributed by atoms with Gasteiger partial charge in [-0.15, -0.1) is 0 Å². The number of rotatable bonds is 2. The van der Waals surface area contributed by atoms with Crippen molar-refractivity contribution in [2.45, 2.75) is 0 Å². The van der Waals surface area contributed by atoms with Crippen LogP contribution in [0.1, 0.15) is 16.2 Å². The summed E-state index contributed by atoms with van der Waals surface area (Å²) in [5.41, 5.74) is 3.31. The molecule has 0 radical (unpaired) electrons. The molecule has 0 atom stereocenters. The van der Waals surface area contributed by atoms with Gasteiger partial charge in [-0.3, -0.25) is 9.48 Å². The van der Waals surface area contributed by atoms with Crippen LogP contribution in [0.5, 0.6) is 11.5 Å². The lowest BCUT2D eigenvalue weighted by atomic mass is 10.1. The smallest absolute Gasteiger partial charge is 0.229 e. The highest BCUT2D eigenvalue weighted by molar-refractivity contribution is 6.14. The van der Waals surface area contributed by atoms with E-state index < -0.39 is 0 Å². The van der Waals surface area contributed by atoms with Crippen LogP contribution in [0.4, 0.5) is 0 Å². The maximum atomic E-state index is 12.4. The van der Waals surface area contributed by atoms with Crippen molar-refractivity contribution in [3.63, 3.8) is 0 Å². The molecule has 1 N–H and O–H groups in total. The Kier molecular flexibility index (Phi) is 2.45. The van der Waals surface area contributed by atoms with Crippen LogP contribution in [-0.2, 0) is 7.05 Å². The summed E-state index contributed by atoms with van der Waals surface area (Å²) < 4.78 is 8.48. The largest absolute Gasteiger partial charge is 0.504 e. The number of aromatic nitrogens is 3. The molecule has 0 saturated heterocycles. The fourth-order valence-corrected chi connectivity index (χ4v) is 2.91. The van der Waals surface area contributed by atoms with Gasteiger partial charge in [0, 0.05) is 18.8 Å². The van der Waals surface area contributed by atoms with Crippen molar-refractivity contribution < 1.29 is 14.6 Å². The highest BCUT2D eigenvalue weighted by atomic mass is 16.5. The van der Waals surface area contributed by atoms with Gasteiger partial charge in [0.25, 0.3) is 0 Å². The Morgan fingerprint density at radius 2 is 2.09 bits per heavy atom. The van der Waals surface area contributed by atoms with Gasteiger partial charge in [0.1, 0.15) is 17.1 Å². The average molecular weight is 295 g/mol. The number of aryl methyl sites for hydroxylation is 1. The summed E-state index contributed by atoms with van der Waals surface area (Å²) >= 11 is 0. The molecule has 2 aromatic heterocycles. The van der Waals surface area contributed by atoms with Crippen LogP contribution in [0.3, 0.4) is 0 Å². The van der Waals surface area contributed by atoms with Crippen LogP contribution in [-0.4, -0.2) is 32.3 Å². The zero-order chi connectivity index (χ0) is 15.4. The highest BCUT2D eigenvalue weighted by Gasteiger charge is 2.33. The Labute approximate surface area is 126 Å². The van der Waals surface area contributed by atoms with E-state index in [1.54, 1.807) is 29.9 Å². The van der Waals surface area contributed by atoms with Crippen LogP contribution >= 0.6 is 0 Å². The molecule has 0 unspecified atom stereocenters. The van der Waals surface area contributed by atoms with E-state index in [2.05, 4.69) is 5.10 Å². The van der Waals surface area contributed by atoms with Gasteiger partial charge in [0.05, 0.1) is 12.8 Å². The number of benzene rings is 1. The van der Waals surface area contributed by atoms with E-state index in [-0.39, 0.29) is 11.5 Å². The summed E-state index contributed by atoms with van der Waals surface area (Å²) in [6.07, 6.45) is 1.84. The van der Waals surface area contributed by atoms with Gasteiger partial charge in [-0.25, -0.2) is 0 Å². The first-order valence-electron chi connectivity index (χ1n) is 6.78. The minimum absolute atomic E-state index is 0.0384. The van der Waals surface area contributed by atoms with Crippen LogP contribution < -0.4 is 4.74 Å². The van der Waals surface area contributed by atoms with E-state index in [9.17, 15) is 9.90 Å². The topological polar surface area (TPSA) is 69.3 Å².